The first-order valence-electron chi connectivity index (χ1n) is 9.69. The van der Waals surface area contributed by atoms with Crippen LogP contribution < -0.4 is 5.32 Å². The molecule has 1 amide bonds. The van der Waals surface area contributed by atoms with Gasteiger partial charge in [-0.2, -0.15) is 10.2 Å². The fourth-order valence-corrected chi connectivity index (χ4v) is 3.31. The molecule has 3 aromatic heterocycles. The van der Waals surface area contributed by atoms with Gasteiger partial charge in [-0.1, -0.05) is 19.9 Å². The number of carbonyl (C=O) groups excluding carboxylic acids is 1. The molecule has 7 heteroatoms. The Morgan fingerprint density at radius 3 is 2.75 bits per heavy atom. The number of pyridine rings is 1. The van der Waals surface area contributed by atoms with Crippen molar-refractivity contribution < 1.29 is 4.79 Å². The van der Waals surface area contributed by atoms with E-state index in [9.17, 15) is 4.79 Å². The molecule has 3 heterocycles. The van der Waals surface area contributed by atoms with Gasteiger partial charge in [0.15, 0.2) is 5.82 Å². The van der Waals surface area contributed by atoms with Crippen LogP contribution in [0.1, 0.15) is 42.8 Å². The molecule has 0 aliphatic heterocycles. The van der Waals surface area contributed by atoms with Crippen molar-refractivity contribution in [2.45, 2.75) is 53.6 Å². The van der Waals surface area contributed by atoms with E-state index in [4.69, 9.17) is 0 Å². The summed E-state index contributed by atoms with van der Waals surface area (Å²) in [5.74, 6) is 1.29. The van der Waals surface area contributed by atoms with Crippen molar-refractivity contribution in [3.63, 3.8) is 0 Å². The highest BCUT2D eigenvalue weighted by atomic mass is 16.1. The first kappa shape index (κ1) is 19.8. The van der Waals surface area contributed by atoms with E-state index >= 15 is 0 Å². The van der Waals surface area contributed by atoms with Crippen molar-refractivity contribution in [3.05, 3.63) is 59.3 Å². The molecule has 28 heavy (non-hydrogen) atoms. The van der Waals surface area contributed by atoms with E-state index in [0.29, 0.717) is 25.3 Å². The van der Waals surface area contributed by atoms with Gasteiger partial charge in [-0.15, -0.1) is 0 Å². The van der Waals surface area contributed by atoms with Crippen LogP contribution in [0.2, 0.25) is 0 Å². The summed E-state index contributed by atoms with van der Waals surface area (Å²) in [6, 6.07) is 5.67. The molecule has 1 N–H and O–H groups in total. The van der Waals surface area contributed by atoms with Crippen molar-refractivity contribution >= 4 is 5.91 Å². The smallest absolute Gasteiger partial charge is 0.220 e. The minimum atomic E-state index is 0.0191. The van der Waals surface area contributed by atoms with Crippen molar-refractivity contribution in [2.24, 2.45) is 5.92 Å². The Kier molecular flexibility index (Phi) is 6.23. The van der Waals surface area contributed by atoms with E-state index in [-0.39, 0.29) is 5.91 Å². The van der Waals surface area contributed by atoms with E-state index in [0.717, 1.165) is 29.3 Å². The summed E-state index contributed by atoms with van der Waals surface area (Å²) in [5.41, 5.74) is 4.28. The highest BCUT2D eigenvalue weighted by Gasteiger charge is 2.14. The summed E-state index contributed by atoms with van der Waals surface area (Å²) < 4.78 is 3.76. The highest BCUT2D eigenvalue weighted by molar-refractivity contribution is 5.76. The summed E-state index contributed by atoms with van der Waals surface area (Å²) >= 11 is 0. The Hall–Kier alpha value is -2.96. The summed E-state index contributed by atoms with van der Waals surface area (Å²) in [6.45, 7) is 9.78. The number of aromatic nitrogens is 5. The molecule has 148 valence electrons. The number of carbonyl (C=O) groups is 1. The molecule has 0 aromatic carbocycles. The Morgan fingerprint density at radius 1 is 1.21 bits per heavy atom. The second-order valence-electron chi connectivity index (χ2n) is 7.44. The summed E-state index contributed by atoms with van der Waals surface area (Å²) in [5, 5.41) is 11.9. The summed E-state index contributed by atoms with van der Waals surface area (Å²) in [4.78, 5) is 16.8. The van der Waals surface area contributed by atoms with Crippen molar-refractivity contribution in [2.75, 3.05) is 0 Å². The first-order valence-corrected chi connectivity index (χ1v) is 9.69. The van der Waals surface area contributed by atoms with Gasteiger partial charge in [0.25, 0.3) is 0 Å². The maximum atomic E-state index is 12.4. The van der Waals surface area contributed by atoms with Crippen molar-refractivity contribution in [1.82, 2.24) is 29.9 Å². The maximum absolute atomic E-state index is 12.4. The zero-order valence-electron chi connectivity index (χ0n) is 17.0. The van der Waals surface area contributed by atoms with Crippen LogP contribution in [0.5, 0.6) is 0 Å². The number of aryl methyl sites for hydroxylation is 1. The van der Waals surface area contributed by atoms with Crippen LogP contribution in [0, 0.1) is 19.8 Å². The molecule has 0 bridgehead atoms. The highest BCUT2D eigenvalue weighted by Crippen LogP contribution is 2.17. The van der Waals surface area contributed by atoms with Crippen LogP contribution in [0.3, 0.4) is 0 Å². The van der Waals surface area contributed by atoms with Crippen LogP contribution in [0.25, 0.3) is 5.82 Å². The van der Waals surface area contributed by atoms with Gasteiger partial charge >= 0.3 is 0 Å². The SMILES string of the molecule is Cc1nn(CC(C)C)c(C)c1CCC(=O)NCc1cccnc1-n1cccn1. The molecule has 0 fully saturated rings. The number of amides is 1. The second-order valence-corrected chi connectivity index (χ2v) is 7.44. The second kappa shape index (κ2) is 8.82. The zero-order chi connectivity index (χ0) is 20.1. The van der Waals surface area contributed by atoms with Crippen molar-refractivity contribution in [3.8, 4) is 5.82 Å². The van der Waals surface area contributed by atoms with E-state index in [2.05, 4.69) is 46.0 Å². The van der Waals surface area contributed by atoms with Gasteiger partial charge in [0, 0.05) is 49.4 Å². The van der Waals surface area contributed by atoms with Crippen LogP contribution in [-0.4, -0.2) is 30.5 Å². The largest absolute Gasteiger partial charge is 0.352 e. The molecule has 0 unspecified atom stereocenters. The molecular weight excluding hydrogens is 352 g/mol. The maximum Gasteiger partial charge on any atom is 0.220 e. The Morgan fingerprint density at radius 2 is 2.04 bits per heavy atom. The van der Waals surface area contributed by atoms with Gasteiger partial charge in [0.2, 0.25) is 5.91 Å². The number of hydrogen-bond donors (Lipinski definition) is 1. The third-order valence-electron chi connectivity index (χ3n) is 4.74. The number of nitrogens with one attached hydrogen (secondary N) is 1. The fourth-order valence-electron chi connectivity index (χ4n) is 3.31. The van der Waals surface area contributed by atoms with Gasteiger partial charge < -0.3 is 5.32 Å². The molecule has 0 saturated heterocycles. The minimum absolute atomic E-state index is 0.0191. The van der Waals surface area contributed by atoms with E-state index in [1.54, 1.807) is 17.1 Å². The molecule has 0 radical (unpaired) electrons. The van der Waals surface area contributed by atoms with Gasteiger partial charge in [-0.05, 0) is 43.9 Å². The van der Waals surface area contributed by atoms with Crippen LogP contribution in [-0.2, 0) is 24.3 Å². The lowest BCUT2D eigenvalue weighted by Gasteiger charge is -2.10. The lowest BCUT2D eigenvalue weighted by Crippen LogP contribution is -2.24. The van der Waals surface area contributed by atoms with Crippen LogP contribution in [0.4, 0.5) is 0 Å². The van der Waals surface area contributed by atoms with Gasteiger partial charge in [-0.25, -0.2) is 9.67 Å². The Balaban J connectivity index is 1.59. The van der Waals surface area contributed by atoms with E-state index < -0.39 is 0 Å². The zero-order valence-corrected chi connectivity index (χ0v) is 17.0. The molecule has 0 aliphatic carbocycles. The quantitative estimate of drug-likeness (QED) is 0.652. The van der Waals surface area contributed by atoms with E-state index in [1.165, 1.54) is 5.56 Å². The van der Waals surface area contributed by atoms with Gasteiger partial charge in [0.1, 0.15) is 0 Å². The lowest BCUT2D eigenvalue weighted by molar-refractivity contribution is -0.121. The van der Waals surface area contributed by atoms with E-state index in [1.807, 2.05) is 31.3 Å². The molecular formula is C21H28N6O. The average molecular weight is 380 g/mol. The molecule has 0 aliphatic rings. The summed E-state index contributed by atoms with van der Waals surface area (Å²) in [7, 11) is 0. The molecule has 0 atom stereocenters. The molecule has 0 saturated carbocycles. The molecule has 7 nitrogen and oxygen atoms in total. The fraction of sp³-hybridized carbons (Fsp3) is 0.429. The molecule has 0 spiro atoms. The third kappa shape index (κ3) is 4.65. The minimum Gasteiger partial charge on any atom is -0.352 e. The average Bonchev–Trinajstić information content (AvgIpc) is 3.28. The monoisotopic (exact) mass is 380 g/mol. The Labute approximate surface area is 165 Å². The third-order valence-corrected chi connectivity index (χ3v) is 4.74. The van der Waals surface area contributed by atoms with Gasteiger partial charge in [-0.3, -0.25) is 9.48 Å². The Bertz CT molecular complexity index is 927. The number of nitrogens with zero attached hydrogens (tertiary/aromatic N) is 5. The van der Waals surface area contributed by atoms with Crippen LogP contribution >= 0.6 is 0 Å². The van der Waals surface area contributed by atoms with Crippen LogP contribution in [0.15, 0.2) is 36.8 Å². The normalized spacial score (nSPS) is 11.2. The molecule has 3 aromatic rings. The van der Waals surface area contributed by atoms with Gasteiger partial charge in [0.05, 0.1) is 5.69 Å². The van der Waals surface area contributed by atoms with Crippen molar-refractivity contribution in [1.29, 1.82) is 0 Å². The topological polar surface area (TPSA) is 77.6 Å². The molecule has 3 rings (SSSR count). The predicted octanol–water partition coefficient (Wildman–Crippen LogP) is 2.99. The number of rotatable bonds is 8. The lowest BCUT2D eigenvalue weighted by atomic mass is 10.1. The first-order chi connectivity index (χ1) is 13.5. The number of hydrogen-bond acceptors (Lipinski definition) is 4. The predicted molar refractivity (Wildman–Crippen MR) is 108 cm³/mol. The standard InChI is InChI=1S/C21H28N6O/c1-15(2)14-27-17(4)19(16(3)25-27)8-9-20(28)23-13-18-7-5-10-22-21(18)26-12-6-11-24-26/h5-7,10-12,15H,8-9,13-14H2,1-4H3,(H,23,28). The summed E-state index contributed by atoms with van der Waals surface area (Å²) in [6.07, 6.45) is 6.41.